The van der Waals surface area contributed by atoms with Crippen molar-refractivity contribution in [3.63, 3.8) is 0 Å². The number of methoxy groups -OCH3 is 1. The summed E-state index contributed by atoms with van der Waals surface area (Å²) in [7, 11) is 1.66. The number of carbonyl (C=O) groups is 1. The van der Waals surface area contributed by atoms with Gasteiger partial charge in [0.25, 0.3) is 0 Å². The molecular formula is C14H21NO3. The molecule has 4 heteroatoms. The molecule has 18 heavy (non-hydrogen) atoms. The number of carbonyl (C=O) groups excluding carboxylic acids is 1. The van der Waals surface area contributed by atoms with Crippen LogP contribution in [0, 0.1) is 13.8 Å². The maximum Gasteiger partial charge on any atom is 0.407 e. The Morgan fingerprint density at radius 1 is 1.33 bits per heavy atom. The summed E-state index contributed by atoms with van der Waals surface area (Å²) in [5.41, 5.74) is 3.48. The van der Waals surface area contributed by atoms with Crippen molar-refractivity contribution in [2.75, 3.05) is 20.3 Å². The molecule has 0 fully saturated rings. The summed E-state index contributed by atoms with van der Waals surface area (Å²) in [6.07, 6.45) is 0.356. The molecule has 1 aromatic carbocycles. The molecule has 0 aliphatic heterocycles. The first-order chi connectivity index (χ1) is 8.58. The van der Waals surface area contributed by atoms with Gasteiger partial charge >= 0.3 is 6.09 Å². The van der Waals surface area contributed by atoms with E-state index in [1.807, 2.05) is 13.0 Å². The van der Waals surface area contributed by atoms with E-state index < -0.39 is 0 Å². The van der Waals surface area contributed by atoms with Crippen LogP contribution in [0.2, 0.25) is 0 Å². The summed E-state index contributed by atoms with van der Waals surface area (Å²) in [5.74, 6) is 0.873. The minimum Gasteiger partial charge on any atom is -0.496 e. The van der Waals surface area contributed by atoms with Crippen molar-refractivity contribution in [1.29, 1.82) is 0 Å². The summed E-state index contributed by atoms with van der Waals surface area (Å²) >= 11 is 0. The second-order valence-electron chi connectivity index (χ2n) is 4.16. The summed E-state index contributed by atoms with van der Waals surface area (Å²) in [6, 6.07) is 4.12. The largest absolute Gasteiger partial charge is 0.496 e. The Morgan fingerprint density at radius 3 is 2.67 bits per heavy atom. The van der Waals surface area contributed by atoms with Crippen LogP contribution in [0.4, 0.5) is 4.79 Å². The van der Waals surface area contributed by atoms with E-state index in [2.05, 4.69) is 18.3 Å². The Morgan fingerprint density at radius 2 is 2.06 bits per heavy atom. The van der Waals surface area contributed by atoms with Crippen LogP contribution in [0.25, 0.3) is 0 Å². The van der Waals surface area contributed by atoms with E-state index >= 15 is 0 Å². The predicted molar refractivity (Wildman–Crippen MR) is 71.2 cm³/mol. The molecule has 0 radical (unpaired) electrons. The lowest BCUT2D eigenvalue weighted by Crippen LogP contribution is -2.26. The molecular weight excluding hydrogens is 230 g/mol. The van der Waals surface area contributed by atoms with Crippen LogP contribution in [0.15, 0.2) is 12.1 Å². The molecule has 4 nitrogen and oxygen atoms in total. The molecule has 0 aromatic heterocycles. The molecule has 0 atom stereocenters. The average Bonchev–Trinajstić information content (AvgIpc) is 2.31. The Balaban J connectivity index is 2.64. The molecule has 0 bridgehead atoms. The predicted octanol–water partition coefficient (Wildman–Crippen LogP) is 2.60. The van der Waals surface area contributed by atoms with Crippen LogP contribution >= 0.6 is 0 Å². The number of hydrogen-bond acceptors (Lipinski definition) is 3. The van der Waals surface area contributed by atoms with E-state index in [0.717, 1.165) is 17.7 Å². The zero-order valence-electron chi connectivity index (χ0n) is 11.5. The normalized spacial score (nSPS) is 10.0. The fourth-order valence-electron chi connectivity index (χ4n) is 1.93. The van der Waals surface area contributed by atoms with Gasteiger partial charge in [0.15, 0.2) is 0 Å². The maximum absolute atomic E-state index is 11.2. The number of amides is 1. The molecule has 1 amide bonds. The summed E-state index contributed by atoms with van der Waals surface area (Å²) in [4.78, 5) is 11.2. The van der Waals surface area contributed by atoms with Crippen LogP contribution in [0.5, 0.6) is 5.75 Å². The molecule has 0 spiro atoms. The summed E-state index contributed by atoms with van der Waals surface area (Å²) in [5, 5.41) is 2.71. The van der Waals surface area contributed by atoms with E-state index in [1.165, 1.54) is 11.1 Å². The van der Waals surface area contributed by atoms with E-state index in [-0.39, 0.29) is 6.09 Å². The zero-order chi connectivity index (χ0) is 13.5. The maximum atomic E-state index is 11.2. The molecule has 1 rings (SSSR count). The van der Waals surface area contributed by atoms with E-state index in [9.17, 15) is 4.79 Å². The number of hydrogen-bond donors (Lipinski definition) is 1. The van der Waals surface area contributed by atoms with Gasteiger partial charge in [-0.2, -0.15) is 0 Å². The van der Waals surface area contributed by atoms with Gasteiger partial charge in [0.05, 0.1) is 13.7 Å². The van der Waals surface area contributed by atoms with Gasteiger partial charge in [0.2, 0.25) is 0 Å². The zero-order valence-corrected chi connectivity index (χ0v) is 11.5. The molecule has 0 heterocycles. The highest BCUT2D eigenvalue weighted by molar-refractivity contribution is 5.67. The number of ether oxygens (including phenoxy) is 2. The summed E-state index contributed by atoms with van der Waals surface area (Å²) in [6.45, 7) is 6.80. The van der Waals surface area contributed by atoms with Crippen LogP contribution < -0.4 is 10.1 Å². The molecule has 0 aliphatic rings. The fraction of sp³-hybridized carbons (Fsp3) is 0.500. The lowest BCUT2D eigenvalue weighted by atomic mass is 10.0. The van der Waals surface area contributed by atoms with Gasteiger partial charge in [0.1, 0.15) is 5.75 Å². The highest BCUT2D eigenvalue weighted by Crippen LogP contribution is 2.24. The monoisotopic (exact) mass is 251 g/mol. The number of benzene rings is 1. The SMILES string of the molecule is CCOC(=O)NCCc1c(C)cc(C)cc1OC. The molecule has 100 valence electrons. The fourth-order valence-corrected chi connectivity index (χ4v) is 1.93. The van der Waals surface area contributed by atoms with Crippen LogP contribution in [0.1, 0.15) is 23.6 Å². The molecule has 1 aromatic rings. The average molecular weight is 251 g/mol. The van der Waals surface area contributed by atoms with Crippen LogP contribution in [0.3, 0.4) is 0 Å². The highest BCUT2D eigenvalue weighted by Gasteiger charge is 2.08. The van der Waals surface area contributed by atoms with Gasteiger partial charge in [-0.25, -0.2) is 4.79 Å². The number of rotatable bonds is 5. The Kier molecular flexibility index (Phi) is 5.49. The van der Waals surface area contributed by atoms with Crippen molar-refractivity contribution in [3.8, 4) is 5.75 Å². The first-order valence-corrected chi connectivity index (χ1v) is 6.13. The number of nitrogens with one attached hydrogen (secondary N) is 1. The lowest BCUT2D eigenvalue weighted by molar-refractivity contribution is 0.152. The van der Waals surface area contributed by atoms with Crippen molar-refractivity contribution in [3.05, 3.63) is 28.8 Å². The first-order valence-electron chi connectivity index (χ1n) is 6.13. The quantitative estimate of drug-likeness (QED) is 0.875. The van der Waals surface area contributed by atoms with Crippen LogP contribution in [-0.2, 0) is 11.2 Å². The van der Waals surface area contributed by atoms with Crippen molar-refractivity contribution < 1.29 is 14.3 Å². The van der Waals surface area contributed by atoms with E-state index in [4.69, 9.17) is 9.47 Å². The van der Waals surface area contributed by atoms with E-state index in [1.54, 1.807) is 14.0 Å². The molecule has 0 saturated heterocycles. The van der Waals surface area contributed by atoms with Gasteiger partial charge in [0, 0.05) is 6.54 Å². The Labute approximate surface area is 108 Å². The Bertz CT molecular complexity index is 416. The van der Waals surface area contributed by atoms with Gasteiger partial charge in [-0.15, -0.1) is 0 Å². The Hall–Kier alpha value is -1.71. The van der Waals surface area contributed by atoms with Gasteiger partial charge < -0.3 is 14.8 Å². The van der Waals surface area contributed by atoms with Gasteiger partial charge in [-0.1, -0.05) is 6.07 Å². The van der Waals surface area contributed by atoms with Crippen molar-refractivity contribution in [2.24, 2.45) is 0 Å². The number of aryl methyl sites for hydroxylation is 2. The smallest absolute Gasteiger partial charge is 0.407 e. The molecule has 0 unspecified atom stereocenters. The minimum absolute atomic E-state index is 0.374. The minimum atomic E-state index is -0.374. The number of alkyl carbamates (subject to hydrolysis) is 1. The first kappa shape index (κ1) is 14.4. The van der Waals surface area contributed by atoms with Crippen molar-refractivity contribution in [2.45, 2.75) is 27.2 Å². The standard InChI is InChI=1S/C14H21NO3/c1-5-18-14(16)15-7-6-12-11(3)8-10(2)9-13(12)17-4/h8-9H,5-7H2,1-4H3,(H,15,16). The third-order valence-corrected chi connectivity index (χ3v) is 2.72. The topological polar surface area (TPSA) is 47.6 Å². The third kappa shape index (κ3) is 3.95. The molecule has 1 N–H and O–H groups in total. The van der Waals surface area contributed by atoms with Crippen molar-refractivity contribution in [1.82, 2.24) is 5.32 Å². The second-order valence-corrected chi connectivity index (χ2v) is 4.16. The highest BCUT2D eigenvalue weighted by atomic mass is 16.5. The summed E-state index contributed by atoms with van der Waals surface area (Å²) < 4.78 is 10.2. The van der Waals surface area contributed by atoms with Crippen molar-refractivity contribution >= 4 is 6.09 Å². The van der Waals surface area contributed by atoms with Gasteiger partial charge in [-0.05, 0) is 49.9 Å². The van der Waals surface area contributed by atoms with Gasteiger partial charge in [-0.3, -0.25) is 0 Å². The lowest BCUT2D eigenvalue weighted by Gasteiger charge is -2.13. The molecule has 0 aliphatic carbocycles. The molecule has 0 saturated carbocycles. The van der Waals surface area contributed by atoms with E-state index in [0.29, 0.717) is 13.2 Å². The van der Waals surface area contributed by atoms with Crippen LogP contribution in [-0.4, -0.2) is 26.4 Å². The third-order valence-electron chi connectivity index (χ3n) is 2.72. The second kappa shape index (κ2) is 6.89.